The maximum absolute atomic E-state index is 12.8. The predicted molar refractivity (Wildman–Crippen MR) is 139 cm³/mol. The van der Waals surface area contributed by atoms with Crippen molar-refractivity contribution < 1.29 is 9.53 Å². The summed E-state index contributed by atoms with van der Waals surface area (Å²) in [7, 11) is 0. The number of anilines is 1. The molecule has 0 atom stereocenters. The van der Waals surface area contributed by atoms with E-state index < -0.39 is 0 Å². The normalized spacial score (nSPS) is 11.5. The number of amides is 1. The van der Waals surface area contributed by atoms with Gasteiger partial charge in [0.05, 0.1) is 0 Å². The van der Waals surface area contributed by atoms with Crippen LogP contribution in [0.3, 0.4) is 0 Å². The second kappa shape index (κ2) is 10.6. The van der Waals surface area contributed by atoms with Crippen LogP contribution >= 0.6 is 0 Å². The van der Waals surface area contributed by atoms with Crippen LogP contribution < -0.4 is 10.1 Å². The Morgan fingerprint density at radius 2 is 1.59 bits per heavy atom. The molecule has 34 heavy (non-hydrogen) atoms. The number of carbonyl (C=O) groups excluding carboxylic acids is 1. The molecule has 4 aromatic rings. The van der Waals surface area contributed by atoms with E-state index in [0.717, 1.165) is 34.4 Å². The highest BCUT2D eigenvalue weighted by atomic mass is 16.5. The first-order valence-electron chi connectivity index (χ1n) is 11.8. The molecule has 0 aliphatic carbocycles. The zero-order valence-corrected chi connectivity index (χ0v) is 20.3. The molecule has 0 unspecified atom stereocenters. The number of aromatic amines is 1. The van der Waals surface area contributed by atoms with Crippen LogP contribution in [0.4, 0.5) is 5.69 Å². The molecule has 4 rings (SSSR count). The fourth-order valence-electron chi connectivity index (χ4n) is 4.13. The predicted octanol–water partition coefficient (Wildman–Crippen LogP) is 6.62. The lowest BCUT2D eigenvalue weighted by Gasteiger charge is -2.30. The van der Waals surface area contributed by atoms with E-state index in [2.05, 4.69) is 55.0 Å². The first-order chi connectivity index (χ1) is 16.4. The highest BCUT2D eigenvalue weighted by Gasteiger charge is 2.14. The molecule has 3 aromatic carbocycles. The fraction of sp³-hybridized carbons (Fsp3) is 0.276. The Morgan fingerprint density at radius 1 is 0.882 bits per heavy atom. The Hall–Kier alpha value is -3.57. The lowest BCUT2D eigenvalue weighted by Crippen LogP contribution is -2.36. The summed E-state index contributed by atoms with van der Waals surface area (Å²) >= 11 is 0. The SMILES string of the molecule is CC(C)N(Cc1ccc(NC(=O)c2cc3cc(OCc4ccccc4)ccc3[nH]2)cc1)C(C)C. The van der Waals surface area contributed by atoms with Gasteiger partial charge in [0.25, 0.3) is 5.91 Å². The third kappa shape index (κ3) is 5.86. The fourth-order valence-corrected chi connectivity index (χ4v) is 4.13. The van der Waals surface area contributed by atoms with E-state index >= 15 is 0 Å². The van der Waals surface area contributed by atoms with E-state index in [1.165, 1.54) is 5.56 Å². The van der Waals surface area contributed by atoms with Crippen LogP contribution in [0.5, 0.6) is 5.75 Å². The minimum absolute atomic E-state index is 0.165. The summed E-state index contributed by atoms with van der Waals surface area (Å²) < 4.78 is 5.92. The number of hydrogen-bond acceptors (Lipinski definition) is 3. The summed E-state index contributed by atoms with van der Waals surface area (Å²) in [4.78, 5) is 18.5. The quantitative estimate of drug-likeness (QED) is 0.298. The Labute approximate surface area is 201 Å². The monoisotopic (exact) mass is 455 g/mol. The molecule has 0 spiro atoms. The second-order valence-electron chi connectivity index (χ2n) is 9.22. The molecular formula is C29H33N3O2. The average molecular weight is 456 g/mol. The summed E-state index contributed by atoms with van der Waals surface area (Å²) in [6, 6.07) is 26.8. The smallest absolute Gasteiger partial charge is 0.272 e. The number of benzene rings is 3. The zero-order chi connectivity index (χ0) is 24.1. The zero-order valence-electron chi connectivity index (χ0n) is 20.3. The summed E-state index contributed by atoms with van der Waals surface area (Å²) in [5.74, 6) is 0.608. The van der Waals surface area contributed by atoms with Crippen molar-refractivity contribution in [2.24, 2.45) is 0 Å². The van der Waals surface area contributed by atoms with Crippen molar-refractivity contribution in [3.05, 3.63) is 95.7 Å². The van der Waals surface area contributed by atoms with Gasteiger partial charge in [0.15, 0.2) is 0 Å². The standard InChI is InChI=1S/C29H33N3O2/c1-20(2)32(21(3)4)18-22-10-12-25(13-11-22)30-29(33)28-17-24-16-26(14-15-27(24)31-28)34-19-23-8-6-5-7-9-23/h5-17,20-21,31H,18-19H2,1-4H3,(H,30,33). The molecule has 1 amide bonds. The van der Waals surface area contributed by atoms with Crippen molar-refractivity contribution >= 4 is 22.5 Å². The van der Waals surface area contributed by atoms with E-state index in [1.807, 2.05) is 66.7 Å². The van der Waals surface area contributed by atoms with Crippen molar-refractivity contribution in [3.63, 3.8) is 0 Å². The topological polar surface area (TPSA) is 57.4 Å². The number of hydrogen-bond donors (Lipinski definition) is 2. The first-order valence-corrected chi connectivity index (χ1v) is 11.8. The Balaban J connectivity index is 1.39. The van der Waals surface area contributed by atoms with Gasteiger partial charge in [-0.3, -0.25) is 9.69 Å². The summed E-state index contributed by atoms with van der Waals surface area (Å²) in [5, 5.41) is 3.93. The molecule has 0 aliphatic heterocycles. The summed E-state index contributed by atoms with van der Waals surface area (Å²) in [6.45, 7) is 10.3. The molecule has 2 N–H and O–H groups in total. The van der Waals surface area contributed by atoms with E-state index in [0.29, 0.717) is 24.4 Å². The van der Waals surface area contributed by atoms with Gasteiger partial charge >= 0.3 is 0 Å². The van der Waals surface area contributed by atoms with E-state index in [-0.39, 0.29) is 5.91 Å². The lowest BCUT2D eigenvalue weighted by molar-refractivity contribution is 0.102. The highest BCUT2D eigenvalue weighted by molar-refractivity contribution is 6.06. The number of carbonyl (C=O) groups is 1. The van der Waals surface area contributed by atoms with Crippen LogP contribution in [-0.4, -0.2) is 27.9 Å². The number of aromatic nitrogens is 1. The van der Waals surface area contributed by atoms with Gasteiger partial charge in [-0.05, 0) is 75.2 Å². The third-order valence-corrected chi connectivity index (χ3v) is 5.99. The van der Waals surface area contributed by atoms with E-state index in [4.69, 9.17) is 4.74 Å². The molecule has 1 heterocycles. The summed E-state index contributed by atoms with van der Waals surface area (Å²) in [6.07, 6.45) is 0. The van der Waals surface area contributed by atoms with Crippen molar-refractivity contribution in [3.8, 4) is 5.75 Å². The number of H-pyrrole nitrogens is 1. The van der Waals surface area contributed by atoms with Crippen molar-refractivity contribution in [1.82, 2.24) is 9.88 Å². The highest BCUT2D eigenvalue weighted by Crippen LogP contribution is 2.23. The molecule has 0 fully saturated rings. The van der Waals surface area contributed by atoms with Gasteiger partial charge in [-0.25, -0.2) is 0 Å². The number of nitrogens with zero attached hydrogens (tertiary/aromatic N) is 1. The Bertz CT molecular complexity index is 1220. The minimum Gasteiger partial charge on any atom is -0.489 e. The first kappa shape index (κ1) is 23.6. The molecule has 0 saturated carbocycles. The van der Waals surface area contributed by atoms with Crippen LogP contribution in [-0.2, 0) is 13.2 Å². The van der Waals surface area contributed by atoms with Gasteiger partial charge < -0.3 is 15.0 Å². The Kier molecular flexibility index (Phi) is 7.33. The van der Waals surface area contributed by atoms with Crippen LogP contribution in [0, 0.1) is 0 Å². The Morgan fingerprint density at radius 3 is 2.26 bits per heavy atom. The summed E-state index contributed by atoms with van der Waals surface area (Å²) in [5.41, 5.74) is 4.54. The van der Waals surface area contributed by atoms with Gasteiger partial charge in [-0.15, -0.1) is 0 Å². The molecule has 5 heteroatoms. The third-order valence-electron chi connectivity index (χ3n) is 5.99. The molecule has 0 saturated heterocycles. The number of nitrogens with one attached hydrogen (secondary N) is 2. The van der Waals surface area contributed by atoms with Crippen molar-refractivity contribution in [2.45, 2.75) is 52.9 Å². The van der Waals surface area contributed by atoms with Crippen molar-refractivity contribution in [1.29, 1.82) is 0 Å². The van der Waals surface area contributed by atoms with E-state index in [9.17, 15) is 4.79 Å². The number of ether oxygens (including phenoxy) is 1. The van der Waals surface area contributed by atoms with Gasteiger partial charge in [0.2, 0.25) is 0 Å². The minimum atomic E-state index is -0.165. The molecular weight excluding hydrogens is 422 g/mol. The number of rotatable bonds is 9. The van der Waals surface area contributed by atoms with Crippen LogP contribution in [0.15, 0.2) is 78.9 Å². The molecule has 5 nitrogen and oxygen atoms in total. The molecule has 0 bridgehead atoms. The van der Waals surface area contributed by atoms with Crippen LogP contribution in [0.1, 0.15) is 49.3 Å². The largest absolute Gasteiger partial charge is 0.489 e. The van der Waals surface area contributed by atoms with E-state index in [1.54, 1.807) is 0 Å². The number of fused-ring (bicyclic) bond motifs is 1. The maximum atomic E-state index is 12.8. The molecule has 0 aliphatic rings. The second-order valence-corrected chi connectivity index (χ2v) is 9.22. The van der Waals surface area contributed by atoms with Gasteiger partial charge in [0, 0.05) is 35.2 Å². The molecule has 0 radical (unpaired) electrons. The molecule has 176 valence electrons. The van der Waals surface area contributed by atoms with Crippen LogP contribution in [0.25, 0.3) is 10.9 Å². The lowest BCUT2D eigenvalue weighted by atomic mass is 10.1. The van der Waals surface area contributed by atoms with Gasteiger partial charge in [-0.2, -0.15) is 0 Å². The van der Waals surface area contributed by atoms with Gasteiger partial charge in [-0.1, -0.05) is 42.5 Å². The molecule has 1 aromatic heterocycles. The van der Waals surface area contributed by atoms with Crippen molar-refractivity contribution in [2.75, 3.05) is 5.32 Å². The van der Waals surface area contributed by atoms with Crippen LogP contribution in [0.2, 0.25) is 0 Å². The van der Waals surface area contributed by atoms with Gasteiger partial charge in [0.1, 0.15) is 18.1 Å². The maximum Gasteiger partial charge on any atom is 0.272 e. The average Bonchev–Trinajstić information content (AvgIpc) is 3.26.